The predicted octanol–water partition coefficient (Wildman–Crippen LogP) is 2.82. The number of carbonyl (C=O) groups is 2. The molecule has 2 aromatic rings. The summed E-state index contributed by atoms with van der Waals surface area (Å²) < 4.78 is 10.3. The van der Waals surface area contributed by atoms with Crippen LogP contribution >= 0.6 is 12.4 Å². The number of ether oxygens (including phenoxy) is 2. The molecule has 1 fully saturated rings. The molecule has 0 aliphatic carbocycles. The largest absolute Gasteiger partial charge is 0.497 e. The second-order valence-electron chi connectivity index (χ2n) is 6.48. The Morgan fingerprint density at radius 3 is 2.07 bits per heavy atom. The molecule has 0 aromatic heterocycles. The summed E-state index contributed by atoms with van der Waals surface area (Å²) in [7, 11) is 1.59. The maximum Gasteiger partial charge on any atom is 0.255 e. The van der Waals surface area contributed by atoms with Crippen molar-refractivity contribution in [1.82, 2.24) is 0 Å². The van der Waals surface area contributed by atoms with Crippen LogP contribution in [0.25, 0.3) is 0 Å². The zero-order valence-electron chi connectivity index (χ0n) is 15.6. The number of hydrogen-bond donors (Lipinski definition) is 3. The van der Waals surface area contributed by atoms with Crippen LogP contribution in [0.4, 0.5) is 11.4 Å². The van der Waals surface area contributed by atoms with Crippen molar-refractivity contribution in [2.75, 3.05) is 31.0 Å². The number of nitrogens with one attached hydrogen (secondary N) is 2. The van der Waals surface area contributed by atoms with Crippen molar-refractivity contribution in [3.05, 3.63) is 54.1 Å². The Labute approximate surface area is 170 Å². The molecule has 0 atom stereocenters. The third-order valence-electron chi connectivity index (χ3n) is 4.59. The molecule has 2 aromatic carbocycles. The second-order valence-corrected chi connectivity index (χ2v) is 6.48. The molecule has 0 spiro atoms. The van der Waals surface area contributed by atoms with E-state index in [1.165, 1.54) is 0 Å². The second kappa shape index (κ2) is 9.54. The van der Waals surface area contributed by atoms with Gasteiger partial charge in [-0.2, -0.15) is 0 Å². The Morgan fingerprint density at radius 2 is 1.50 bits per heavy atom. The monoisotopic (exact) mass is 405 g/mol. The number of carbonyl (C=O) groups excluding carboxylic acids is 2. The summed E-state index contributed by atoms with van der Waals surface area (Å²) in [4.78, 5) is 24.8. The van der Waals surface area contributed by atoms with E-state index in [-0.39, 0.29) is 24.2 Å². The third kappa shape index (κ3) is 5.22. The van der Waals surface area contributed by atoms with Crippen molar-refractivity contribution in [2.45, 2.75) is 18.4 Å². The minimum absolute atomic E-state index is 0. The van der Waals surface area contributed by atoms with Gasteiger partial charge in [0, 0.05) is 30.2 Å². The summed E-state index contributed by atoms with van der Waals surface area (Å²) in [6.07, 6.45) is 0.975. The van der Waals surface area contributed by atoms with Crippen molar-refractivity contribution in [1.29, 1.82) is 0 Å². The summed E-state index contributed by atoms with van der Waals surface area (Å²) in [5, 5.41) is 5.63. The SMILES string of the molecule is COc1ccc(NC(=O)c2ccc(NC(=O)C3(N)CCOCC3)cc2)cc1.Cl. The van der Waals surface area contributed by atoms with Crippen LogP contribution in [-0.2, 0) is 9.53 Å². The molecule has 28 heavy (non-hydrogen) atoms. The van der Waals surface area contributed by atoms with Crippen LogP contribution in [0.5, 0.6) is 5.75 Å². The number of anilines is 2. The van der Waals surface area contributed by atoms with Crippen LogP contribution in [0, 0.1) is 0 Å². The molecular weight excluding hydrogens is 382 g/mol. The fourth-order valence-corrected chi connectivity index (χ4v) is 2.80. The first-order valence-electron chi connectivity index (χ1n) is 8.74. The third-order valence-corrected chi connectivity index (χ3v) is 4.59. The molecule has 3 rings (SSSR count). The highest BCUT2D eigenvalue weighted by atomic mass is 35.5. The quantitative estimate of drug-likeness (QED) is 0.709. The van der Waals surface area contributed by atoms with Gasteiger partial charge < -0.3 is 25.8 Å². The molecule has 1 saturated heterocycles. The maximum absolute atomic E-state index is 12.4. The van der Waals surface area contributed by atoms with Gasteiger partial charge in [0.1, 0.15) is 11.3 Å². The Morgan fingerprint density at radius 1 is 0.964 bits per heavy atom. The van der Waals surface area contributed by atoms with Gasteiger partial charge in [0.25, 0.3) is 5.91 Å². The number of hydrogen-bond acceptors (Lipinski definition) is 5. The number of halogens is 1. The van der Waals surface area contributed by atoms with Gasteiger partial charge in [-0.3, -0.25) is 9.59 Å². The average molecular weight is 406 g/mol. The van der Waals surface area contributed by atoms with Gasteiger partial charge in [0.15, 0.2) is 0 Å². The fraction of sp³-hybridized carbons (Fsp3) is 0.300. The first-order valence-corrected chi connectivity index (χ1v) is 8.74. The molecule has 1 aliphatic rings. The highest BCUT2D eigenvalue weighted by Crippen LogP contribution is 2.21. The van der Waals surface area contributed by atoms with E-state index in [0.717, 1.165) is 5.75 Å². The number of rotatable bonds is 5. The van der Waals surface area contributed by atoms with Crippen LogP contribution in [-0.4, -0.2) is 37.7 Å². The molecule has 1 aliphatic heterocycles. The molecule has 150 valence electrons. The standard InChI is InChI=1S/C20H23N3O4.ClH/c1-26-17-8-6-15(7-9-17)22-18(24)14-2-4-16(5-3-14)23-19(25)20(21)10-12-27-13-11-20;/h2-9H,10-13,21H2,1H3,(H,22,24)(H,23,25);1H. The van der Waals surface area contributed by atoms with Crippen LogP contribution in [0.1, 0.15) is 23.2 Å². The van der Waals surface area contributed by atoms with Crippen LogP contribution in [0.2, 0.25) is 0 Å². The zero-order valence-corrected chi connectivity index (χ0v) is 16.4. The van der Waals surface area contributed by atoms with Crippen LogP contribution in [0.3, 0.4) is 0 Å². The van der Waals surface area contributed by atoms with Gasteiger partial charge in [-0.1, -0.05) is 0 Å². The van der Waals surface area contributed by atoms with E-state index in [9.17, 15) is 9.59 Å². The molecule has 8 heteroatoms. The Kier molecular flexibility index (Phi) is 7.39. The van der Waals surface area contributed by atoms with Crippen molar-refractivity contribution in [3.63, 3.8) is 0 Å². The van der Waals surface area contributed by atoms with E-state index in [2.05, 4.69) is 10.6 Å². The lowest BCUT2D eigenvalue weighted by Gasteiger charge is -2.31. The molecule has 0 unspecified atom stereocenters. The number of amides is 2. The normalized spacial score (nSPS) is 15.1. The van der Waals surface area contributed by atoms with Gasteiger partial charge in [-0.25, -0.2) is 0 Å². The van der Waals surface area contributed by atoms with Gasteiger partial charge in [0.05, 0.1) is 7.11 Å². The molecule has 0 bridgehead atoms. The van der Waals surface area contributed by atoms with Crippen molar-refractivity contribution < 1.29 is 19.1 Å². The van der Waals surface area contributed by atoms with E-state index in [4.69, 9.17) is 15.2 Å². The van der Waals surface area contributed by atoms with Gasteiger partial charge in [-0.05, 0) is 61.4 Å². The maximum atomic E-state index is 12.4. The molecule has 2 amide bonds. The molecule has 0 radical (unpaired) electrons. The predicted molar refractivity (Wildman–Crippen MR) is 110 cm³/mol. The number of methoxy groups -OCH3 is 1. The minimum Gasteiger partial charge on any atom is -0.497 e. The lowest BCUT2D eigenvalue weighted by molar-refractivity contribution is -0.124. The summed E-state index contributed by atoms with van der Waals surface area (Å²) in [6, 6.07) is 13.7. The molecule has 0 saturated carbocycles. The summed E-state index contributed by atoms with van der Waals surface area (Å²) in [5.74, 6) is 0.245. The molecule has 7 nitrogen and oxygen atoms in total. The van der Waals surface area contributed by atoms with Crippen LogP contribution < -0.4 is 21.1 Å². The first kappa shape index (κ1) is 21.7. The van der Waals surface area contributed by atoms with Gasteiger partial charge in [-0.15, -0.1) is 12.4 Å². The lowest BCUT2D eigenvalue weighted by atomic mass is 9.90. The fourth-order valence-electron chi connectivity index (χ4n) is 2.80. The minimum atomic E-state index is -0.914. The number of benzene rings is 2. The lowest BCUT2D eigenvalue weighted by Crippen LogP contribution is -2.54. The van der Waals surface area contributed by atoms with E-state index in [1.54, 1.807) is 55.6 Å². The Bertz CT molecular complexity index is 803. The number of nitrogens with two attached hydrogens (primary N) is 1. The topological polar surface area (TPSA) is 103 Å². The summed E-state index contributed by atoms with van der Waals surface area (Å²) in [5.41, 5.74) is 7.00. The Balaban J connectivity index is 0.00000280. The molecular formula is C20H24ClN3O4. The Hall–Kier alpha value is -2.61. The average Bonchev–Trinajstić information content (AvgIpc) is 2.69. The van der Waals surface area contributed by atoms with Crippen LogP contribution in [0.15, 0.2) is 48.5 Å². The first-order chi connectivity index (χ1) is 13.0. The molecule has 1 heterocycles. The van der Waals surface area contributed by atoms with E-state index in [1.807, 2.05) is 0 Å². The van der Waals surface area contributed by atoms with E-state index in [0.29, 0.717) is 43.0 Å². The van der Waals surface area contributed by atoms with Crippen molar-refractivity contribution in [3.8, 4) is 5.75 Å². The van der Waals surface area contributed by atoms with Crippen molar-refractivity contribution in [2.24, 2.45) is 5.73 Å². The zero-order chi connectivity index (χ0) is 19.3. The van der Waals surface area contributed by atoms with E-state index >= 15 is 0 Å². The molecule has 4 N–H and O–H groups in total. The summed E-state index contributed by atoms with van der Waals surface area (Å²) in [6.45, 7) is 0.961. The van der Waals surface area contributed by atoms with E-state index < -0.39 is 5.54 Å². The smallest absolute Gasteiger partial charge is 0.255 e. The summed E-state index contributed by atoms with van der Waals surface area (Å²) >= 11 is 0. The van der Waals surface area contributed by atoms with Crippen molar-refractivity contribution >= 4 is 35.6 Å². The highest BCUT2D eigenvalue weighted by molar-refractivity contribution is 6.05. The van der Waals surface area contributed by atoms with Gasteiger partial charge in [0.2, 0.25) is 5.91 Å². The highest BCUT2D eigenvalue weighted by Gasteiger charge is 2.35. The van der Waals surface area contributed by atoms with Gasteiger partial charge >= 0.3 is 0 Å².